The SMILES string of the molecule is CC.CC(=O)OCC1OCC[C@H](O)[C@@H]1O.CCO.COC1CC(CO)OCC1O.CO[C@@H]1OC(C)[C@@H](O[C@@H]2OC3COC(C)(C)O[C@H]3[C@@H](O)C2O)[C@@H](O)C1O.O.OCC1CC(O)C(O)CO1. The average molecular weight is 975 g/mol. The number of fused-ring (bicyclic) bond motifs is 1. The number of rotatable bonds is 8. The second-order valence-electron chi connectivity index (χ2n) is 15.9. The molecule has 19 atom stereocenters. The van der Waals surface area contributed by atoms with Crippen LogP contribution in [0, 0.1) is 0 Å². The minimum atomic E-state index is -1.41. The number of esters is 1. The topological polar surface area (TPSA) is 393 Å². The molecule has 14 N–H and O–H groups in total. The van der Waals surface area contributed by atoms with Crippen LogP contribution in [0.1, 0.15) is 67.7 Å². The van der Waals surface area contributed by atoms with Gasteiger partial charge in [0, 0.05) is 47.2 Å². The van der Waals surface area contributed by atoms with Gasteiger partial charge in [-0.25, -0.2) is 0 Å². The van der Waals surface area contributed by atoms with Crippen molar-refractivity contribution in [3.8, 4) is 0 Å². The van der Waals surface area contributed by atoms with Gasteiger partial charge in [0.1, 0.15) is 73.8 Å². The lowest BCUT2D eigenvalue weighted by Crippen LogP contribution is -2.66. The Balaban J connectivity index is 0.000000891. The van der Waals surface area contributed by atoms with Crippen molar-refractivity contribution >= 4 is 5.97 Å². The average Bonchev–Trinajstić information content (AvgIpc) is 3.28. The third kappa shape index (κ3) is 20.9. The molecule has 0 aromatic heterocycles. The Labute approximate surface area is 386 Å². The Morgan fingerprint density at radius 1 is 0.697 bits per heavy atom. The van der Waals surface area contributed by atoms with E-state index in [0.717, 1.165) is 0 Å². The lowest BCUT2D eigenvalue weighted by molar-refractivity contribution is -0.397. The Bertz CT molecular complexity index is 1240. The second kappa shape index (κ2) is 33.2. The van der Waals surface area contributed by atoms with Crippen molar-refractivity contribution in [2.24, 2.45) is 0 Å². The van der Waals surface area contributed by atoms with E-state index in [-0.39, 0.29) is 70.0 Å². The fourth-order valence-corrected chi connectivity index (χ4v) is 6.86. The molecule has 25 heteroatoms. The summed E-state index contributed by atoms with van der Waals surface area (Å²) in [5.41, 5.74) is 0. The van der Waals surface area contributed by atoms with Crippen LogP contribution in [0.2, 0.25) is 0 Å². The van der Waals surface area contributed by atoms with Crippen molar-refractivity contribution in [3.05, 3.63) is 0 Å². The van der Waals surface area contributed by atoms with Gasteiger partial charge in [-0.15, -0.1) is 0 Å². The summed E-state index contributed by atoms with van der Waals surface area (Å²) in [4.78, 5) is 10.5. The molecule has 0 bridgehead atoms. The molecule has 0 amide bonds. The maximum Gasteiger partial charge on any atom is 0.302 e. The third-order valence-electron chi connectivity index (χ3n) is 10.5. The number of carbonyl (C=O) groups is 1. The van der Waals surface area contributed by atoms with E-state index < -0.39 is 110 Å². The number of ether oxygens (including phenoxy) is 11. The molecule has 0 aromatic rings. The predicted octanol–water partition coefficient (Wildman–Crippen LogP) is -5.02. The van der Waals surface area contributed by atoms with Crippen LogP contribution in [0.5, 0.6) is 0 Å². The molecular weight excluding hydrogens is 892 g/mol. The molecule has 0 aliphatic carbocycles. The first-order chi connectivity index (χ1) is 30.7. The molecule has 0 saturated carbocycles. The van der Waals surface area contributed by atoms with Crippen LogP contribution in [0.3, 0.4) is 0 Å². The zero-order valence-electron chi connectivity index (χ0n) is 39.5. The molecule has 11 unspecified atom stereocenters. The quantitative estimate of drug-likeness (QED) is 0.101. The summed E-state index contributed by atoms with van der Waals surface area (Å²) in [7, 11) is 2.90. The van der Waals surface area contributed by atoms with E-state index in [1.165, 1.54) is 14.0 Å². The smallest absolute Gasteiger partial charge is 0.302 e. The van der Waals surface area contributed by atoms with Gasteiger partial charge in [0.05, 0.1) is 69.7 Å². The number of hydrogen-bond acceptors (Lipinski definition) is 24. The van der Waals surface area contributed by atoms with Gasteiger partial charge in [-0.1, -0.05) is 13.8 Å². The molecule has 6 fully saturated rings. The zero-order chi connectivity index (χ0) is 49.6. The molecule has 0 spiro atoms. The zero-order valence-corrected chi connectivity index (χ0v) is 39.5. The summed E-state index contributed by atoms with van der Waals surface area (Å²) in [6.45, 7) is 13.0. The van der Waals surface area contributed by atoms with Crippen LogP contribution in [-0.2, 0) is 56.9 Å². The van der Waals surface area contributed by atoms with Crippen LogP contribution in [0.25, 0.3) is 0 Å². The summed E-state index contributed by atoms with van der Waals surface area (Å²) in [5, 5.41) is 112. The number of carbonyl (C=O) groups excluding carboxylic acids is 1. The molecular formula is C41H82O25. The highest BCUT2D eigenvalue weighted by atomic mass is 16.8. The number of aliphatic hydroxyl groups is 12. The number of aliphatic hydroxyl groups excluding tert-OH is 12. The molecule has 25 nitrogen and oxygen atoms in total. The lowest BCUT2D eigenvalue weighted by Gasteiger charge is -2.50. The standard InChI is InChI=1S/C16H28O10.C8H14O5.C7H14O4.C6H12O4.C2H6O.C2H6.H2O/c1-6-12(8(17)10(19)14(21-4)23-6)25-15-11(20)9(18)13-7(24-15)5-22-16(2,3)26-13;1-5(9)13-4-7-8(11)6(10)2-3-12-7;1-10-7-2-5(3-8)11-4-6(7)9;7-2-4-1-5(8)6(9)3-10-4;1-2-3;1-2;/h6-15,17-20H,5H2,1-4H3;6-8,10-11H,2-4H2,1H3;5-9H,2-4H2,1H3;4-9H,1-3H2;3H,2H2,1H3;1-2H3;1H2/t6?,7?,8-,9-,10?,11?,12+,13+,14+,15-;6-,7?,8-;;;;;/m00...../s1. The minimum absolute atomic E-state index is 0. The van der Waals surface area contributed by atoms with Gasteiger partial charge >= 0.3 is 5.97 Å². The van der Waals surface area contributed by atoms with Crippen molar-refractivity contribution in [2.45, 2.75) is 190 Å². The molecule has 0 radical (unpaired) electrons. The predicted molar refractivity (Wildman–Crippen MR) is 226 cm³/mol. The van der Waals surface area contributed by atoms with E-state index in [1.54, 1.807) is 34.8 Å². The van der Waals surface area contributed by atoms with Crippen molar-refractivity contribution in [3.63, 3.8) is 0 Å². The van der Waals surface area contributed by atoms with Crippen LogP contribution in [0.15, 0.2) is 0 Å². The monoisotopic (exact) mass is 975 g/mol. The van der Waals surface area contributed by atoms with Crippen molar-refractivity contribution in [1.82, 2.24) is 0 Å². The van der Waals surface area contributed by atoms with E-state index in [9.17, 15) is 40.5 Å². The normalized spacial score (nSPS) is 40.3. The van der Waals surface area contributed by atoms with Gasteiger partial charge in [-0.3, -0.25) is 4.79 Å². The summed E-state index contributed by atoms with van der Waals surface area (Å²) < 4.78 is 57.8. The van der Waals surface area contributed by atoms with Crippen LogP contribution in [-0.4, -0.2) is 262 Å². The molecule has 396 valence electrons. The summed E-state index contributed by atoms with van der Waals surface area (Å²) in [6.07, 6.45) is -14.5. The highest BCUT2D eigenvalue weighted by Crippen LogP contribution is 2.34. The first-order valence-electron chi connectivity index (χ1n) is 22.0. The third-order valence-corrected chi connectivity index (χ3v) is 10.5. The maximum absolute atomic E-state index is 10.5. The summed E-state index contributed by atoms with van der Waals surface area (Å²) in [5.74, 6) is -1.32. The first-order valence-corrected chi connectivity index (χ1v) is 22.0. The Morgan fingerprint density at radius 3 is 1.79 bits per heavy atom. The van der Waals surface area contributed by atoms with E-state index in [1.807, 2.05) is 13.8 Å². The number of methoxy groups -OCH3 is 2. The second-order valence-corrected chi connectivity index (χ2v) is 15.9. The molecule has 6 rings (SSSR count). The molecule has 6 saturated heterocycles. The van der Waals surface area contributed by atoms with E-state index in [0.29, 0.717) is 25.9 Å². The highest BCUT2D eigenvalue weighted by molar-refractivity contribution is 5.65. The fraction of sp³-hybridized carbons (Fsp3) is 0.976. The van der Waals surface area contributed by atoms with Gasteiger partial charge in [0.25, 0.3) is 0 Å². The Morgan fingerprint density at radius 2 is 1.26 bits per heavy atom. The minimum Gasteiger partial charge on any atom is -0.463 e. The maximum atomic E-state index is 10.5. The van der Waals surface area contributed by atoms with Gasteiger partial charge in [0.2, 0.25) is 0 Å². The van der Waals surface area contributed by atoms with E-state index in [2.05, 4.69) is 4.74 Å². The van der Waals surface area contributed by atoms with Gasteiger partial charge in [-0.2, -0.15) is 0 Å². The molecule has 66 heavy (non-hydrogen) atoms. The van der Waals surface area contributed by atoms with Crippen molar-refractivity contribution in [2.75, 3.05) is 67.1 Å². The summed E-state index contributed by atoms with van der Waals surface area (Å²) >= 11 is 0. The van der Waals surface area contributed by atoms with Crippen molar-refractivity contribution in [1.29, 1.82) is 0 Å². The van der Waals surface area contributed by atoms with Gasteiger partial charge in [0.15, 0.2) is 18.4 Å². The van der Waals surface area contributed by atoms with Crippen molar-refractivity contribution < 1.29 is 124 Å². The highest BCUT2D eigenvalue weighted by Gasteiger charge is 2.53. The Kier molecular flexibility index (Phi) is 32.5. The molecule has 0 aromatic carbocycles. The van der Waals surface area contributed by atoms with Gasteiger partial charge in [-0.05, 0) is 34.1 Å². The largest absolute Gasteiger partial charge is 0.463 e. The molecule has 6 heterocycles. The van der Waals surface area contributed by atoms with Crippen LogP contribution >= 0.6 is 0 Å². The fourth-order valence-electron chi connectivity index (χ4n) is 6.86. The molecule has 6 aliphatic rings. The summed E-state index contributed by atoms with van der Waals surface area (Å²) in [6, 6.07) is 0. The number of hydrogen-bond donors (Lipinski definition) is 12. The van der Waals surface area contributed by atoms with Crippen LogP contribution in [0.4, 0.5) is 0 Å². The first kappa shape index (κ1) is 64.5. The van der Waals surface area contributed by atoms with Gasteiger partial charge < -0.3 is 119 Å². The Hall–Kier alpha value is -1.45. The molecule has 6 aliphatic heterocycles. The van der Waals surface area contributed by atoms with E-state index >= 15 is 0 Å². The van der Waals surface area contributed by atoms with Crippen LogP contribution < -0.4 is 0 Å². The van der Waals surface area contributed by atoms with E-state index in [4.69, 9.17) is 72.9 Å². The lowest BCUT2D eigenvalue weighted by atomic mass is 9.96.